The molecule has 1 amide bonds. The Balaban J connectivity index is 1.34. The van der Waals surface area contributed by atoms with E-state index in [1.165, 1.54) is 18.0 Å². The summed E-state index contributed by atoms with van der Waals surface area (Å²) in [5, 5.41) is 12.2. The van der Waals surface area contributed by atoms with Crippen LogP contribution in [0.25, 0.3) is 17.3 Å². The average Bonchev–Trinajstić information content (AvgIpc) is 3.60. The van der Waals surface area contributed by atoms with Gasteiger partial charge in [-0.3, -0.25) is 9.36 Å². The second kappa shape index (κ2) is 9.63. The second-order valence-corrected chi connectivity index (χ2v) is 9.07. The highest BCUT2D eigenvalue weighted by molar-refractivity contribution is 7.98. The van der Waals surface area contributed by atoms with Crippen LogP contribution in [0.3, 0.4) is 0 Å². The minimum absolute atomic E-state index is 0.218. The summed E-state index contributed by atoms with van der Waals surface area (Å²) in [7, 11) is 0. The van der Waals surface area contributed by atoms with Crippen LogP contribution in [-0.2, 0) is 5.75 Å². The van der Waals surface area contributed by atoms with Crippen LogP contribution in [0, 0.1) is 20.8 Å². The lowest BCUT2D eigenvalue weighted by molar-refractivity contribution is 0.102. The molecule has 2 aromatic carbocycles. The number of amides is 1. The Hall–Kier alpha value is -4.11. The molecule has 3 aromatic heterocycles. The lowest BCUT2D eigenvalue weighted by atomic mass is 10.1. The maximum atomic E-state index is 12.6. The SMILES string of the molecule is Cc1cccc(-n2c(SCc3nc(C(=O)Nc4ccc(C)c(C)c4)co3)nnc2-c2ccco2)c1. The monoisotopic (exact) mass is 485 g/mol. The molecule has 5 aromatic rings. The highest BCUT2D eigenvalue weighted by Gasteiger charge is 2.20. The van der Waals surface area contributed by atoms with Crippen LogP contribution < -0.4 is 5.32 Å². The molecule has 1 N–H and O–H groups in total. The Kier molecular flexibility index (Phi) is 6.24. The number of aromatic nitrogens is 4. The van der Waals surface area contributed by atoms with Gasteiger partial charge in [0.2, 0.25) is 11.7 Å². The summed E-state index contributed by atoms with van der Waals surface area (Å²) < 4.78 is 13.1. The lowest BCUT2D eigenvalue weighted by Crippen LogP contribution is -2.12. The van der Waals surface area contributed by atoms with Crippen LogP contribution in [0.5, 0.6) is 0 Å². The van der Waals surface area contributed by atoms with Gasteiger partial charge in [0.15, 0.2) is 16.6 Å². The summed E-state index contributed by atoms with van der Waals surface area (Å²) in [6.07, 6.45) is 2.97. The molecule has 35 heavy (non-hydrogen) atoms. The van der Waals surface area contributed by atoms with Gasteiger partial charge in [0, 0.05) is 5.69 Å². The summed E-state index contributed by atoms with van der Waals surface area (Å²) in [4.78, 5) is 17.0. The first-order chi connectivity index (χ1) is 17.0. The number of carbonyl (C=O) groups is 1. The van der Waals surface area contributed by atoms with Crippen molar-refractivity contribution in [2.75, 3.05) is 5.32 Å². The smallest absolute Gasteiger partial charge is 0.277 e. The molecule has 176 valence electrons. The van der Waals surface area contributed by atoms with Crippen LogP contribution in [0.4, 0.5) is 5.69 Å². The largest absolute Gasteiger partial charge is 0.461 e. The Bertz CT molecular complexity index is 1490. The summed E-state index contributed by atoms with van der Waals surface area (Å²) in [5.74, 6) is 1.69. The number of hydrogen-bond donors (Lipinski definition) is 1. The van der Waals surface area contributed by atoms with Gasteiger partial charge in [-0.1, -0.05) is 30.0 Å². The Morgan fingerprint density at radius 3 is 2.66 bits per heavy atom. The van der Waals surface area contributed by atoms with E-state index in [-0.39, 0.29) is 11.6 Å². The van der Waals surface area contributed by atoms with E-state index in [9.17, 15) is 4.79 Å². The molecule has 0 aliphatic heterocycles. The molecule has 0 aliphatic carbocycles. The van der Waals surface area contributed by atoms with E-state index >= 15 is 0 Å². The number of furan rings is 1. The molecule has 0 bridgehead atoms. The van der Waals surface area contributed by atoms with Gasteiger partial charge < -0.3 is 14.2 Å². The summed E-state index contributed by atoms with van der Waals surface area (Å²) in [5.41, 5.74) is 5.24. The van der Waals surface area contributed by atoms with E-state index in [2.05, 4.69) is 26.6 Å². The van der Waals surface area contributed by atoms with Crippen LogP contribution in [0.1, 0.15) is 33.1 Å². The molecule has 0 aliphatic rings. The number of anilines is 1. The van der Waals surface area contributed by atoms with Gasteiger partial charge in [-0.25, -0.2) is 4.98 Å². The zero-order valence-corrected chi connectivity index (χ0v) is 20.3. The topological polar surface area (TPSA) is 99.0 Å². The van der Waals surface area contributed by atoms with Crippen LogP contribution in [0.2, 0.25) is 0 Å². The molecule has 0 atom stereocenters. The van der Waals surface area contributed by atoms with Crippen molar-refractivity contribution in [2.24, 2.45) is 0 Å². The molecule has 0 spiro atoms. The minimum Gasteiger partial charge on any atom is -0.461 e. The summed E-state index contributed by atoms with van der Waals surface area (Å²) >= 11 is 1.41. The fourth-order valence-corrected chi connectivity index (χ4v) is 4.36. The third-order valence-electron chi connectivity index (χ3n) is 5.51. The molecule has 5 rings (SSSR count). The lowest BCUT2D eigenvalue weighted by Gasteiger charge is -2.09. The molecule has 9 heteroatoms. The number of aryl methyl sites for hydroxylation is 3. The Labute approximate surface area is 206 Å². The van der Waals surface area contributed by atoms with Crippen molar-refractivity contribution in [2.45, 2.75) is 31.7 Å². The number of rotatable bonds is 7. The molecular formula is C26H23N5O3S. The fourth-order valence-electron chi connectivity index (χ4n) is 3.55. The number of nitrogens with zero attached hydrogens (tertiary/aromatic N) is 4. The predicted molar refractivity (Wildman–Crippen MR) is 134 cm³/mol. The van der Waals surface area contributed by atoms with E-state index in [1.807, 2.05) is 73.9 Å². The van der Waals surface area contributed by atoms with Gasteiger partial charge >= 0.3 is 0 Å². The molecular weight excluding hydrogens is 462 g/mol. The first-order valence-corrected chi connectivity index (χ1v) is 12.0. The molecule has 3 heterocycles. The van der Waals surface area contributed by atoms with Crippen molar-refractivity contribution in [1.29, 1.82) is 0 Å². The number of oxazole rings is 1. The summed E-state index contributed by atoms with van der Waals surface area (Å²) in [6.45, 7) is 6.06. The number of benzene rings is 2. The number of hydrogen-bond acceptors (Lipinski definition) is 7. The van der Waals surface area contributed by atoms with E-state index in [1.54, 1.807) is 6.26 Å². The molecule has 0 radical (unpaired) electrons. The van der Waals surface area contributed by atoms with Gasteiger partial charge in [0.05, 0.1) is 17.7 Å². The van der Waals surface area contributed by atoms with Crippen molar-refractivity contribution in [3.63, 3.8) is 0 Å². The van der Waals surface area contributed by atoms with Crippen molar-refractivity contribution in [3.05, 3.63) is 95.4 Å². The Morgan fingerprint density at radius 1 is 1.00 bits per heavy atom. The maximum Gasteiger partial charge on any atom is 0.277 e. The van der Waals surface area contributed by atoms with Gasteiger partial charge in [-0.2, -0.15) is 0 Å². The quantitative estimate of drug-likeness (QED) is 0.283. The molecule has 0 saturated heterocycles. The van der Waals surface area contributed by atoms with Crippen molar-refractivity contribution < 1.29 is 13.6 Å². The van der Waals surface area contributed by atoms with Gasteiger partial charge in [0.1, 0.15) is 6.26 Å². The maximum absolute atomic E-state index is 12.6. The number of nitrogens with one attached hydrogen (secondary N) is 1. The molecule has 8 nitrogen and oxygen atoms in total. The predicted octanol–water partition coefficient (Wildman–Crippen LogP) is 5.99. The van der Waals surface area contributed by atoms with Gasteiger partial charge in [0.25, 0.3) is 5.91 Å². The van der Waals surface area contributed by atoms with Gasteiger partial charge in [-0.15, -0.1) is 10.2 Å². The highest BCUT2D eigenvalue weighted by atomic mass is 32.2. The van der Waals surface area contributed by atoms with Crippen molar-refractivity contribution in [1.82, 2.24) is 19.7 Å². The van der Waals surface area contributed by atoms with Crippen LogP contribution >= 0.6 is 11.8 Å². The average molecular weight is 486 g/mol. The highest BCUT2D eigenvalue weighted by Crippen LogP contribution is 2.30. The zero-order valence-electron chi connectivity index (χ0n) is 19.5. The van der Waals surface area contributed by atoms with E-state index in [0.29, 0.717) is 34.1 Å². The third kappa shape index (κ3) is 4.90. The number of thioether (sulfide) groups is 1. The first kappa shape index (κ1) is 22.7. The first-order valence-electron chi connectivity index (χ1n) is 11.0. The van der Waals surface area contributed by atoms with E-state index < -0.39 is 0 Å². The number of carbonyl (C=O) groups excluding carboxylic acids is 1. The van der Waals surface area contributed by atoms with Crippen LogP contribution in [-0.4, -0.2) is 25.7 Å². The normalized spacial score (nSPS) is 11.1. The van der Waals surface area contributed by atoms with Crippen molar-refractivity contribution >= 4 is 23.4 Å². The zero-order chi connectivity index (χ0) is 24.4. The van der Waals surface area contributed by atoms with Crippen LogP contribution in [0.15, 0.2) is 81.1 Å². The minimum atomic E-state index is -0.323. The van der Waals surface area contributed by atoms with E-state index in [4.69, 9.17) is 8.83 Å². The summed E-state index contributed by atoms with van der Waals surface area (Å²) in [6, 6.07) is 17.5. The molecule has 0 fully saturated rings. The molecule has 0 saturated carbocycles. The third-order valence-corrected chi connectivity index (χ3v) is 6.42. The molecule has 0 unspecified atom stereocenters. The Morgan fingerprint density at radius 2 is 1.89 bits per heavy atom. The van der Waals surface area contributed by atoms with Gasteiger partial charge in [-0.05, 0) is 73.9 Å². The fraction of sp³-hybridized carbons (Fsp3) is 0.154. The standard InChI is InChI=1S/C26H23N5O3S/c1-16-6-4-7-20(12-16)31-24(22-8-5-11-33-22)29-30-26(31)35-15-23-28-21(14-34-23)25(32)27-19-10-9-17(2)18(3)13-19/h4-14H,15H2,1-3H3,(H,27,32). The van der Waals surface area contributed by atoms with E-state index in [0.717, 1.165) is 22.4 Å². The second-order valence-electron chi connectivity index (χ2n) is 8.13. The van der Waals surface area contributed by atoms with Crippen molar-refractivity contribution in [3.8, 4) is 17.3 Å².